The van der Waals surface area contributed by atoms with Gasteiger partial charge in [0.2, 0.25) is 0 Å². The van der Waals surface area contributed by atoms with Crippen molar-refractivity contribution in [2.45, 2.75) is 39.5 Å². The molecule has 114 valence electrons. The van der Waals surface area contributed by atoms with Crippen molar-refractivity contribution >= 4 is 17.3 Å². The van der Waals surface area contributed by atoms with Gasteiger partial charge in [-0.05, 0) is 31.1 Å². The van der Waals surface area contributed by atoms with Crippen LogP contribution in [-0.2, 0) is 0 Å². The molecule has 0 saturated carbocycles. The maximum atomic E-state index is 14.2. The molecule has 21 heavy (non-hydrogen) atoms. The van der Waals surface area contributed by atoms with Gasteiger partial charge in [0, 0.05) is 18.0 Å². The highest BCUT2D eigenvalue weighted by molar-refractivity contribution is 7.80. The van der Waals surface area contributed by atoms with E-state index in [0.717, 1.165) is 12.1 Å². The third-order valence-electron chi connectivity index (χ3n) is 4.59. The molecule has 2 aliphatic heterocycles. The van der Waals surface area contributed by atoms with E-state index in [1.165, 1.54) is 6.07 Å². The molecule has 0 radical (unpaired) electrons. The van der Waals surface area contributed by atoms with Crippen LogP contribution in [-0.4, -0.2) is 22.3 Å². The van der Waals surface area contributed by atoms with E-state index in [2.05, 4.69) is 31.0 Å². The molecule has 3 unspecified atom stereocenters. The van der Waals surface area contributed by atoms with E-state index < -0.39 is 5.72 Å². The topological polar surface area (TPSA) is 24.5 Å². The Bertz CT molecular complexity index is 592. The van der Waals surface area contributed by atoms with Gasteiger partial charge in [0.15, 0.2) is 22.4 Å². The number of ether oxygens (including phenoxy) is 1. The largest absolute Gasteiger partial charge is 0.464 e. The Morgan fingerprint density at radius 1 is 1.48 bits per heavy atom. The summed E-state index contributed by atoms with van der Waals surface area (Å²) in [4.78, 5) is 2.06. The van der Waals surface area contributed by atoms with E-state index in [4.69, 9.17) is 17.0 Å². The first-order valence-corrected chi connectivity index (χ1v) is 7.81. The van der Waals surface area contributed by atoms with Crippen molar-refractivity contribution in [3.05, 3.63) is 29.6 Å². The zero-order valence-electron chi connectivity index (χ0n) is 12.8. The monoisotopic (exact) mass is 308 g/mol. The van der Waals surface area contributed by atoms with Crippen molar-refractivity contribution in [2.75, 3.05) is 6.54 Å². The summed E-state index contributed by atoms with van der Waals surface area (Å²) in [5, 5.41) is 4.06. The Hall–Kier alpha value is -1.36. The van der Waals surface area contributed by atoms with Crippen LogP contribution in [0.3, 0.4) is 0 Å². The Morgan fingerprint density at radius 3 is 2.86 bits per heavy atom. The first kappa shape index (κ1) is 14.6. The van der Waals surface area contributed by atoms with Crippen molar-refractivity contribution in [3.8, 4) is 5.75 Å². The molecular weight excluding hydrogens is 287 g/mol. The molecule has 1 saturated heterocycles. The standard InChI is InChI=1S/C16H21FN2OS/c1-9(2)8-19-15(21)18-13-10(3)16(19,4)20-14-11(13)6-5-7-12(14)17/h5-7,9-10,13H,8H2,1-4H3,(H,18,21). The number of nitrogens with one attached hydrogen (secondary N) is 1. The van der Waals surface area contributed by atoms with Gasteiger partial charge >= 0.3 is 0 Å². The molecule has 3 atom stereocenters. The summed E-state index contributed by atoms with van der Waals surface area (Å²) in [6.45, 7) is 9.19. The van der Waals surface area contributed by atoms with Gasteiger partial charge in [0.05, 0.1) is 6.04 Å². The Labute approximate surface area is 130 Å². The molecule has 0 spiro atoms. The van der Waals surface area contributed by atoms with Crippen LogP contribution in [0.25, 0.3) is 0 Å². The summed E-state index contributed by atoms with van der Waals surface area (Å²) >= 11 is 5.53. The molecular formula is C16H21FN2OS. The maximum absolute atomic E-state index is 14.2. The number of hydrogen-bond acceptors (Lipinski definition) is 2. The minimum absolute atomic E-state index is 0.00892. The summed E-state index contributed by atoms with van der Waals surface area (Å²) in [7, 11) is 0. The summed E-state index contributed by atoms with van der Waals surface area (Å²) in [6, 6.07) is 5.06. The summed E-state index contributed by atoms with van der Waals surface area (Å²) in [5.41, 5.74) is 0.235. The molecule has 3 nitrogen and oxygen atoms in total. The van der Waals surface area contributed by atoms with Gasteiger partial charge in [-0.25, -0.2) is 4.39 Å². The number of thiocarbonyl (C=S) groups is 1. The summed E-state index contributed by atoms with van der Waals surface area (Å²) in [5.74, 6) is 0.648. The number of rotatable bonds is 2. The normalized spacial score (nSPS) is 30.8. The van der Waals surface area contributed by atoms with Crippen LogP contribution in [0, 0.1) is 17.7 Å². The fourth-order valence-corrected chi connectivity index (χ4v) is 3.68. The van der Waals surface area contributed by atoms with Crippen molar-refractivity contribution in [2.24, 2.45) is 11.8 Å². The van der Waals surface area contributed by atoms with E-state index in [1.54, 1.807) is 6.07 Å². The van der Waals surface area contributed by atoms with Crippen LogP contribution >= 0.6 is 12.2 Å². The minimum atomic E-state index is -0.619. The zero-order valence-corrected chi connectivity index (χ0v) is 13.6. The quantitative estimate of drug-likeness (QED) is 0.846. The molecule has 1 aromatic carbocycles. The number of fused-ring (bicyclic) bond motifs is 4. The third kappa shape index (κ3) is 2.09. The van der Waals surface area contributed by atoms with Crippen molar-refractivity contribution in [3.63, 3.8) is 0 Å². The number of halogens is 1. The van der Waals surface area contributed by atoms with Gasteiger partial charge in [-0.1, -0.05) is 32.9 Å². The van der Waals surface area contributed by atoms with Crippen LogP contribution in [0.15, 0.2) is 18.2 Å². The molecule has 2 bridgehead atoms. The zero-order chi connectivity index (χ0) is 15.4. The lowest BCUT2D eigenvalue weighted by Gasteiger charge is -2.56. The van der Waals surface area contributed by atoms with E-state index in [0.29, 0.717) is 16.8 Å². The van der Waals surface area contributed by atoms with E-state index in [1.807, 2.05) is 13.0 Å². The SMILES string of the molecule is CC(C)CN1C(=S)NC2c3cccc(F)c3OC1(C)C2C. The molecule has 1 N–H and O–H groups in total. The molecule has 3 rings (SSSR count). The Balaban J connectivity index is 2.10. The van der Waals surface area contributed by atoms with Crippen molar-refractivity contribution < 1.29 is 9.13 Å². The number of hydrogen-bond donors (Lipinski definition) is 1. The lowest BCUT2D eigenvalue weighted by molar-refractivity contribution is -0.115. The molecule has 2 aliphatic rings. The molecule has 0 aliphatic carbocycles. The van der Waals surface area contributed by atoms with Gasteiger partial charge in [-0.15, -0.1) is 0 Å². The van der Waals surface area contributed by atoms with Crippen LogP contribution in [0.2, 0.25) is 0 Å². The second-order valence-electron chi connectivity index (χ2n) is 6.54. The van der Waals surface area contributed by atoms with E-state index >= 15 is 0 Å². The van der Waals surface area contributed by atoms with E-state index in [9.17, 15) is 4.39 Å². The molecule has 0 amide bonds. The first-order valence-electron chi connectivity index (χ1n) is 7.40. The average molecular weight is 308 g/mol. The average Bonchev–Trinajstić information content (AvgIpc) is 2.40. The van der Waals surface area contributed by atoms with Gasteiger partial charge in [-0.2, -0.15) is 0 Å². The van der Waals surface area contributed by atoms with Gasteiger partial charge < -0.3 is 15.0 Å². The predicted molar refractivity (Wildman–Crippen MR) is 84.6 cm³/mol. The highest BCUT2D eigenvalue weighted by Gasteiger charge is 2.53. The lowest BCUT2D eigenvalue weighted by atomic mass is 9.80. The highest BCUT2D eigenvalue weighted by atomic mass is 32.1. The van der Waals surface area contributed by atoms with Gasteiger partial charge in [0.25, 0.3) is 0 Å². The van der Waals surface area contributed by atoms with Crippen LogP contribution < -0.4 is 10.1 Å². The van der Waals surface area contributed by atoms with E-state index in [-0.39, 0.29) is 17.8 Å². The molecule has 0 aromatic heterocycles. The number of benzene rings is 1. The summed E-state index contributed by atoms with van der Waals surface area (Å²) in [6.07, 6.45) is 0. The van der Waals surface area contributed by atoms with Crippen LogP contribution in [0.5, 0.6) is 5.75 Å². The van der Waals surface area contributed by atoms with Crippen molar-refractivity contribution in [1.82, 2.24) is 10.2 Å². The van der Waals surface area contributed by atoms with Crippen molar-refractivity contribution in [1.29, 1.82) is 0 Å². The Kier molecular flexibility index (Phi) is 3.35. The predicted octanol–water partition coefficient (Wildman–Crippen LogP) is 3.46. The molecule has 2 heterocycles. The van der Waals surface area contributed by atoms with Gasteiger partial charge in [-0.3, -0.25) is 0 Å². The van der Waals surface area contributed by atoms with Crippen LogP contribution in [0.4, 0.5) is 4.39 Å². The second kappa shape index (κ2) is 4.83. The smallest absolute Gasteiger partial charge is 0.186 e. The Morgan fingerprint density at radius 2 is 2.19 bits per heavy atom. The number of nitrogens with zero attached hydrogens (tertiary/aromatic N) is 1. The maximum Gasteiger partial charge on any atom is 0.186 e. The highest BCUT2D eigenvalue weighted by Crippen LogP contribution is 2.48. The second-order valence-corrected chi connectivity index (χ2v) is 6.92. The summed E-state index contributed by atoms with van der Waals surface area (Å²) < 4.78 is 20.3. The third-order valence-corrected chi connectivity index (χ3v) is 4.93. The fraction of sp³-hybridized carbons (Fsp3) is 0.562. The lowest BCUT2D eigenvalue weighted by Crippen LogP contribution is -2.69. The van der Waals surface area contributed by atoms with Gasteiger partial charge in [0.1, 0.15) is 0 Å². The molecule has 1 aromatic rings. The van der Waals surface area contributed by atoms with Crippen LogP contribution in [0.1, 0.15) is 39.3 Å². The molecule has 5 heteroatoms. The molecule has 1 fully saturated rings. The fourth-order valence-electron chi connectivity index (χ4n) is 3.30. The minimum Gasteiger partial charge on any atom is -0.464 e. The number of para-hydroxylation sites is 1. The first-order chi connectivity index (χ1) is 9.84.